The van der Waals surface area contributed by atoms with Crippen molar-refractivity contribution in [3.63, 3.8) is 0 Å². The van der Waals surface area contributed by atoms with E-state index in [9.17, 15) is 5.11 Å². The van der Waals surface area contributed by atoms with Crippen molar-refractivity contribution in [3.05, 3.63) is 35.9 Å². The van der Waals surface area contributed by atoms with Gasteiger partial charge in [0.05, 0.1) is 13.2 Å². The molecule has 0 saturated carbocycles. The summed E-state index contributed by atoms with van der Waals surface area (Å²) in [6.07, 6.45) is -0.347. The van der Waals surface area contributed by atoms with Crippen LogP contribution in [0.1, 0.15) is 5.56 Å². The summed E-state index contributed by atoms with van der Waals surface area (Å²) in [6, 6.07) is 9.77. The molecule has 0 aromatic heterocycles. The Balaban J connectivity index is 2.32. The maximum atomic E-state index is 10.6. The van der Waals surface area contributed by atoms with Gasteiger partial charge in [0.15, 0.2) is 0 Å². The zero-order valence-corrected chi connectivity index (χ0v) is 8.31. The second-order valence-electron chi connectivity index (χ2n) is 3.04. The molecule has 0 amide bonds. The molecule has 3 heteroatoms. The number of ether oxygens (including phenoxy) is 2. The van der Waals surface area contributed by atoms with Crippen LogP contribution >= 0.6 is 0 Å². The van der Waals surface area contributed by atoms with E-state index in [2.05, 4.69) is 0 Å². The standard InChI is InChI=1S/C11H15O3/c1-13-9-11(7-12)14-8-10-5-3-2-4-6-10/h2-6,11H,7-9H2,1H3. The summed E-state index contributed by atoms with van der Waals surface area (Å²) in [5, 5.41) is 10.6. The smallest absolute Gasteiger partial charge is 0.111 e. The molecule has 1 radical (unpaired) electrons. The largest absolute Gasteiger partial charge is 0.382 e. The number of methoxy groups -OCH3 is 1. The minimum atomic E-state index is -0.347. The van der Waals surface area contributed by atoms with Crippen molar-refractivity contribution in [2.45, 2.75) is 12.7 Å². The molecular weight excluding hydrogens is 180 g/mol. The number of hydrogen-bond donors (Lipinski definition) is 0. The van der Waals surface area contributed by atoms with Gasteiger partial charge in [-0.1, -0.05) is 30.3 Å². The zero-order chi connectivity index (χ0) is 10.2. The van der Waals surface area contributed by atoms with Crippen LogP contribution in [0.2, 0.25) is 0 Å². The van der Waals surface area contributed by atoms with E-state index in [0.29, 0.717) is 13.2 Å². The van der Waals surface area contributed by atoms with Gasteiger partial charge in [-0.25, -0.2) is 5.11 Å². The molecule has 0 aliphatic carbocycles. The lowest BCUT2D eigenvalue weighted by molar-refractivity contribution is -0.0542. The quantitative estimate of drug-likeness (QED) is 0.692. The first kappa shape index (κ1) is 11.2. The minimum absolute atomic E-state index is 0.263. The van der Waals surface area contributed by atoms with E-state index in [1.165, 1.54) is 0 Å². The summed E-state index contributed by atoms with van der Waals surface area (Å²) < 4.78 is 10.2. The number of hydrogen-bond acceptors (Lipinski definition) is 2. The molecule has 1 aromatic carbocycles. The summed E-state index contributed by atoms with van der Waals surface area (Å²) in [6.45, 7) is 0.564. The molecule has 0 aliphatic rings. The van der Waals surface area contributed by atoms with Gasteiger partial charge in [0.2, 0.25) is 0 Å². The first-order valence-electron chi connectivity index (χ1n) is 4.59. The summed E-state index contributed by atoms with van der Waals surface area (Å²) in [5.74, 6) is 0. The molecule has 0 bridgehead atoms. The van der Waals surface area contributed by atoms with Crippen molar-refractivity contribution in [2.24, 2.45) is 0 Å². The molecule has 0 heterocycles. The lowest BCUT2D eigenvalue weighted by Crippen LogP contribution is -2.22. The van der Waals surface area contributed by atoms with E-state index in [0.717, 1.165) is 5.56 Å². The van der Waals surface area contributed by atoms with Gasteiger partial charge in [0.25, 0.3) is 0 Å². The highest BCUT2D eigenvalue weighted by Crippen LogP contribution is 2.03. The predicted octanol–water partition coefficient (Wildman–Crippen LogP) is 1.65. The molecule has 1 atom stereocenters. The molecule has 14 heavy (non-hydrogen) atoms. The maximum absolute atomic E-state index is 10.6. The maximum Gasteiger partial charge on any atom is 0.111 e. The number of benzene rings is 1. The molecule has 1 unspecified atom stereocenters. The van der Waals surface area contributed by atoms with Crippen molar-refractivity contribution in [1.29, 1.82) is 0 Å². The third-order valence-electron chi connectivity index (χ3n) is 1.87. The van der Waals surface area contributed by atoms with Crippen LogP contribution in [0, 0.1) is 0 Å². The van der Waals surface area contributed by atoms with Crippen LogP contribution in [0.4, 0.5) is 0 Å². The summed E-state index contributed by atoms with van der Waals surface area (Å²) in [5.41, 5.74) is 1.07. The topological polar surface area (TPSA) is 38.4 Å². The zero-order valence-electron chi connectivity index (χ0n) is 8.31. The molecule has 0 fully saturated rings. The second kappa shape index (κ2) is 6.54. The van der Waals surface area contributed by atoms with Gasteiger partial charge in [0, 0.05) is 7.11 Å². The van der Waals surface area contributed by atoms with Gasteiger partial charge in [-0.2, -0.15) is 0 Å². The number of rotatable bonds is 6. The van der Waals surface area contributed by atoms with Crippen molar-refractivity contribution in [2.75, 3.05) is 20.3 Å². The van der Waals surface area contributed by atoms with Crippen LogP contribution < -0.4 is 0 Å². The van der Waals surface area contributed by atoms with E-state index in [1.54, 1.807) is 7.11 Å². The van der Waals surface area contributed by atoms with Crippen LogP contribution in [-0.2, 0) is 21.2 Å². The highest BCUT2D eigenvalue weighted by Gasteiger charge is 2.07. The van der Waals surface area contributed by atoms with Crippen molar-refractivity contribution in [1.82, 2.24) is 0 Å². The Morgan fingerprint density at radius 2 is 2.00 bits per heavy atom. The highest BCUT2D eigenvalue weighted by atomic mass is 16.5. The monoisotopic (exact) mass is 195 g/mol. The Hall–Kier alpha value is -0.900. The Morgan fingerprint density at radius 3 is 2.57 bits per heavy atom. The van der Waals surface area contributed by atoms with E-state index in [-0.39, 0.29) is 12.7 Å². The lowest BCUT2D eigenvalue weighted by atomic mass is 10.2. The Labute approximate surface area is 84.3 Å². The molecule has 77 valence electrons. The minimum Gasteiger partial charge on any atom is -0.382 e. The molecule has 1 rings (SSSR count). The lowest BCUT2D eigenvalue weighted by Gasteiger charge is -2.13. The first-order valence-corrected chi connectivity index (χ1v) is 4.59. The molecule has 0 spiro atoms. The Morgan fingerprint density at radius 1 is 1.29 bits per heavy atom. The van der Waals surface area contributed by atoms with Crippen LogP contribution in [-0.4, -0.2) is 26.4 Å². The molecule has 3 nitrogen and oxygen atoms in total. The normalized spacial score (nSPS) is 12.7. The summed E-state index contributed by atoms with van der Waals surface area (Å²) in [7, 11) is 1.56. The highest BCUT2D eigenvalue weighted by molar-refractivity contribution is 5.13. The fraction of sp³-hybridized carbons (Fsp3) is 0.455. The van der Waals surface area contributed by atoms with Gasteiger partial charge in [-0.3, -0.25) is 0 Å². The summed E-state index contributed by atoms with van der Waals surface area (Å²) >= 11 is 0. The van der Waals surface area contributed by atoms with E-state index < -0.39 is 0 Å². The molecule has 0 N–H and O–H groups in total. The average Bonchev–Trinajstić information content (AvgIpc) is 2.25. The Kier molecular flexibility index (Phi) is 5.22. The van der Waals surface area contributed by atoms with E-state index in [4.69, 9.17) is 9.47 Å². The first-order chi connectivity index (χ1) is 6.86. The van der Waals surface area contributed by atoms with Crippen LogP contribution in [0.5, 0.6) is 0 Å². The molecule has 0 saturated heterocycles. The van der Waals surface area contributed by atoms with Crippen molar-refractivity contribution >= 4 is 0 Å². The third kappa shape index (κ3) is 3.87. The molecule has 0 aliphatic heterocycles. The predicted molar refractivity (Wildman–Crippen MR) is 52.4 cm³/mol. The van der Waals surface area contributed by atoms with Gasteiger partial charge in [0.1, 0.15) is 12.7 Å². The average molecular weight is 195 g/mol. The molecule has 1 aromatic rings. The van der Waals surface area contributed by atoms with Crippen molar-refractivity contribution < 1.29 is 14.6 Å². The van der Waals surface area contributed by atoms with Gasteiger partial charge < -0.3 is 9.47 Å². The fourth-order valence-corrected chi connectivity index (χ4v) is 1.12. The molecular formula is C11H15O3. The summed E-state index contributed by atoms with van der Waals surface area (Å²) in [4.78, 5) is 0. The fourth-order valence-electron chi connectivity index (χ4n) is 1.12. The van der Waals surface area contributed by atoms with Gasteiger partial charge in [-0.05, 0) is 5.56 Å². The van der Waals surface area contributed by atoms with Crippen LogP contribution in [0.3, 0.4) is 0 Å². The Bertz CT molecular complexity index is 236. The van der Waals surface area contributed by atoms with Crippen molar-refractivity contribution in [3.8, 4) is 0 Å². The SMILES string of the molecule is COCC(C[O])OCc1ccccc1. The third-order valence-corrected chi connectivity index (χ3v) is 1.87. The van der Waals surface area contributed by atoms with E-state index >= 15 is 0 Å². The van der Waals surface area contributed by atoms with Crippen LogP contribution in [0.15, 0.2) is 30.3 Å². The second-order valence-corrected chi connectivity index (χ2v) is 3.04. The van der Waals surface area contributed by atoms with Gasteiger partial charge in [-0.15, -0.1) is 0 Å². The van der Waals surface area contributed by atoms with Gasteiger partial charge >= 0.3 is 0 Å². The van der Waals surface area contributed by atoms with Crippen LogP contribution in [0.25, 0.3) is 0 Å². The van der Waals surface area contributed by atoms with E-state index in [1.807, 2.05) is 30.3 Å².